The van der Waals surface area contributed by atoms with Crippen LogP contribution in [-0.2, 0) is 32.6 Å². The quantitative estimate of drug-likeness (QED) is 0.155. The van der Waals surface area contributed by atoms with E-state index in [2.05, 4.69) is 5.32 Å². The van der Waals surface area contributed by atoms with Crippen LogP contribution in [0.3, 0.4) is 0 Å². The Morgan fingerprint density at radius 3 is 2.00 bits per heavy atom. The molecule has 4 aromatic carbocycles. The third-order valence-electron chi connectivity index (χ3n) is 7.01. The fourth-order valence-electron chi connectivity index (χ4n) is 4.66. The Bertz CT molecular complexity index is 1720. The molecule has 0 fully saturated rings. The number of carbonyl (C=O) groups excluding carboxylic acids is 2. The summed E-state index contributed by atoms with van der Waals surface area (Å²) in [7, 11) is -4.29. The molecule has 4 rings (SSSR count). The number of nitrogens with one attached hydrogen (secondary N) is 1. The molecule has 0 aliphatic carbocycles. The molecule has 45 heavy (non-hydrogen) atoms. The smallest absolute Gasteiger partial charge is 0.264 e. The van der Waals surface area contributed by atoms with E-state index in [4.69, 9.17) is 46.4 Å². The van der Waals surface area contributed by atoms with Crippen LogP contribution >= 0.6 is 46.4 Å². The second kappa shape index (κ2) is 15.8. The molecular weight excluding hydrogens is 676 g/mol. The van der Waals surface area contributed by atoms with Crippen LogP contribution in [0.5, 0.6) is 0 Å². The molecule has 0 aromatic heterocycles. The van der Waals surface area contributed by atoms with Gasteiger partial charge in [0.05, 0.1) is 20.6 Å². The summed E-state index contributed by atoms with van der Waals surface area (Å²) in [4.78, 5) is 29.5. The molecule has 4 aromatic rings. The summed E-state index contributed by atoms with van der Waals surface area (Å²) in [5.74, 6) is -1.06. The summed E-state index contributed by atoms with van der Waals surface area (Å²) in [6.07, 6.45) is 0.830. The van der Waals surface area contributed by atoms with Crippen LogP contribution in [0, 0.1) is 0 Å². The van der Waals surface area contributed by atoms with Crippen molar-refractivity contribution in [1.29, 1.82) is 0 Å². The van der Waals surface area contributed by atoms with Crippen molar-refractivity contribution in [3.63, 3.8) is 0 Å². The molecule has 1 atom stereocenters. The molecule has 7 nitrogen and oxygen atoms in total. The first-order valence-electron chi connectivity index (χ1n) is 14.1. The molecule has 0 unspecified atom stereocenters. The van der Waals surface area contributed by atoms with E-state index in [0.29, 0.717) is 28.6 Å². The van der Waals surface area contributed by atoms with Crippen molar-refractivity contribution >= 4 is 73.9 Å². The zero-order valence-electron chi connectivity index (χ0n) is 24.3. The topological polar surface area (TPSA) is 86.8 Å². The van der Waals surface area contributed by atoms with Crippen molar-refractivity contribution in [3.8, 4) is 0 Å². The van der Waals surface area contributed by atoms with Gasteiger partial charge in [-0.1, -0.05) is 108 Å². The molecule has 0 heterocycles. The summed E-state index contributed by atoms with van der Waals surface area (Å²) in [6, 6.07) is 25.2. The highest BCUT2D eigenvalue weighted by atomic mass is 35.5. The van der Waals surface area contributed by atoms with Crippen molar-refractivity contribution in [2.24, 2.45) is 0 Å². The molecule has 2 amide bonds. The fraction of sp³-hybridized carbons (Fsp3) is 0.212. The van der Waals surface area contributed by atoms with E-state index in [1.165, 1.54) is 35.2 Å². The van der Waals surface area contributed by atoms with E-state index in [1.807, 2.05) is 37.3 Å². The van der Waals surface area contributed by atoms with Gasteiger partial charge < -0.3 is 10.2 Å². The number of halogens is 4. The molecule has 0 aliphatic heterocycles. The van der Waals surface area contributed by atoms with Gasteiger partial charge in [0.25, 0.3) is 10.0 Å². The molecule has 0 saturated carbocycles. The number of carbonyl (C=O) groups is 2. The molecule has 0 aliphatic rings. The van der Waals surface area contributed by atoms with E-state index < -0.39 is 34.4 Å². The van der Waals surface area contributed by atoms with Crippen LogP contribution in [0.4, 0.5) is 5.69 Å². The monoisotopic (exact) mass is 705 g/mol. The first-order chi connectivity index (χ1) is 21.5. The number of hydrogen-bond donors (Lipinski definition) is 1. The minimum atomic E-state index is -4.29. The number of amides is 2. The second-order valence-electron chi connectivity index (χ2n) is 10.1. The molecule has 236 valence electrons. The lowest BCUT2D eigenvalue weighted by Crippen LogP contribution is -2.53. The van der Waals surface area contributed by atoms with Crippen molar-refractivity contribution in [2.45, 2.75) is 37.2 Å². The van der Waals surface area contributed by atoms with Crippen LogP contribution in [-0.4, -0.2) is 44.3 Å². The third-order valence-corrected chi connectivity index (χ3v) is 10.2. The molecular formula is C33H31Cl4N3O4S. The Hall–Kier alpha value is -3.27. The van der Waals surface area contributed by atoms with Gasteiger partial charge in [-0.3, -0.25) is 13.9 Å². The number of benzene rings is 4. The van der Waals surface area contributed by atoms with Crippen LogP contribution in [0.1, 0.15) is 24.5 Å². The SMILES string of the molecule is CCCNC(=O)[C@@H](Cc1ccccc1)N(Cc1c(Cl)cccc1Cl)C(=O)CN(c1ccc(Cl)c(Cl)c1)S(=O)(=O)c1ccccc1. The fourth-order valence-corrected chi connectivity index (χ4v) is 6.90. The summed E-state index contributed by atoms with van der Waals surface area (Å²) in [5.41, 5.74) is 1.34. The van der Waals surface area contributed by atoms with Gasteiger partial charge in [-0.15, -0.1) is 0 Å². The highest BCUT2D eigenvalue weighted by Gasteiger charge is 2.35. The Kier molecular flexibility index (Phi) is 12.2. The van der Waals surface area contributed by atoms with Crippen LogP contribution in [0.15, 0.2) is 102 Å². The molecule has 0 saturated heterocycles. The minimum Gasteiger partial charge on any atom is -0.354 e. The van der Waals surface area contributed by atoms with Gasteiger partial charge in [-0.2, -0.15) is 0 Å². The van der Waals surface area contributed by atoms with Crippen molar-refractivity contribution < 1.29 is 18.0 Å². The van der Waals surface area contributed by atoms with Gasteiger partial charge in [0, 0.05) is 35.1 Å². The Morgan fingerprint density at radius 2 is 1.40 bits per heavy atom. The van der Waals surface area contributed by atoms with E-state index in [9.17, 15) is 18.0 Å². The van der Waals surface area contributed by atoms with Gasteiger partial charge in [-0.05, 0) is 54.4 Å². The van der Waals surface area contributed by atoms with Gasteiger partial charge >= 0.3 is 0 Å². The summed E-state index contributed by atoms with van der Waals surface area (Å²) < 4.78 is 29.1. The van der Waals surface area contributed by atoms with Crippen molar-refractivity contribution in [1.82, 2.24) is 10.2 Å². The van der Waals surface area contributed by atoms with Crippen LogP contribution in [0.25, 0.3) is 0 Å². The lowest BCUT2D eigenvalue weighted by atomic mass is 10.0. The molecule has 0 bridgehead atoms. The molecule has 1 N–H and O–H groups in total. The summed E-state index contributed by atoms with van der Waals surface area (Å²) >= 11 is 25.5. The predicted molar refractivity (Wildman–Crippen MR) is 182 cm³/mol. The van der Waals surface area contributed by atoms with E-state index in [0.717, 1.165) is 9.87 Å². The first-order valence-corrected chi connectivity index (χ1v) is 17.0. The maximum Gasteiger partial charge on any atom is 0.264 e. The second-order valence-corrected chi connectivity index (χ2v) is 13.6. The lowest BCUT2D eigenvalue weighted by molar-refractivity contribution is -0.140. The minimum absolute atomic E-state index is 0.0360. The van der Waals surface area contributed by atoms with Gasteiger partial charge in [0.1, 0.15) is 12.6 Å². The van der Waals surface area contributed by atoms with Crippen LogP contribution in [0.2, 0.25) is 20.1 Å². The van der Waals surface area contributed by atoms with E-state index in [-0.39, 0.29) is 33.6 Å². The Labute approximate surface area is 283 Å². The zero-order valence-corrected chi connectivity index (χ0v) is 28.1. The van der Waals surface area contributed by atoms with Gasteiger partial charge in [-0.25, -0.2) is 8.42 Å². The Balaban J connectivity index is 1.84. The third kappa shape index (κ3) is 8.71. The van der Waals surface area contributed by atoms with E-state index >= 15 is 0 Å². The predicted octanol–water partition coefficient (Wildman–Crippen LogP) is 7.66. The van der Waals surface area contributed by atoms with E-state index in [1.54, 1.807) is 36.4 Å². The number of sulfonamides is 1. The van der Waals surface area contributed by atoms with Crippen molar-refractivity contribution in [3.05, 3.63) is 128 Å². The number of anilines is 1. The standard InChI is InChI=1S/C33H31Cl4N3O4S/c1-2-18-38-33(42)31(19-23-10-5-3-6-11-23)39(21-26-27(34)14-9-15-28(26)35)32(41)22-40(24-16-17-29(36)30(37)20-24)45(43,44)25-12-7-4-8-13-25/h3-17,20,31H,2,18-19,21-22H2,1H3,(H,38,42)/t31-/m1/s1. The average molecular weight is 708 g/mol. The maximum atomic E-state index is 14.5. The largest absolute Gasteiger partial charge is 0.354 e. The summed E-state index contributed by atoms with van der Waals surface area (Å²) in [6.45, 7) is 1.48. The summed E-state index contributed by atoms with van der Waals surface area (Å²) in [5, 5.41) is 3.81. The Morgan fingerprint density at radius 1 is 0.778 bits per heavy atom. The van der Waals surface area contributed by atoms with Crippen molar-refractivity contribution in [2.75, 3.05) is 17.4 Å². The van der Waals surface area contributed by atoms with Gasteiger partial charge in [0.2, 0.25) is 11.8 Å². The molecule has 12 heteroatoms. The lowest BCUT2D eigenvalue weighted by Gasteiger charge is -2.34. The number of rotatable bonds is 13. The highest BCUT2D eigenvalue weighted by Crippen LogP contribution is 2.32. The first kappa shape index (κ1) is 34.6. The van der Waals surface area contributed by atoms with Crippen LogP contribution < -0.4 is 9.62 Å². The maximum absolute atomic E-state index is 14.5. The van der Waals surface area contributed by atoms with Gasteiger partial charge in [0.15, 0.2) is 0 Å². The highest BCUT2D eigenvalue weighted by molar-refractivity contribution is 7.92. The zero-order chi connectivity index (χ0) is 32.6. The number of nitrogens with zero attached hydrogens (tertiary/aromatic N) is 2. The normalized spacial score (nSPS) is 11.9. The number of hydrogen-bond acceptors (Lipinski definition) is 4. The molecule has 0 spiro atoms. The average Bonchev–Trinajstić information content (AvgIpc) is 3.03. The molecule has 0 radical (unpaired) electrons.